The maximum Gasteiger partial charge on any atom is 0.262 e. The van der Waals surface area contributed by atoms with Crippen LogP contribution in [0.5, 0.6) is 0 Å². The van der Waals surface area contributed by atoms with Gasteiger partial charge < -0.3 is 10.2 Å². The maximum atomic E-state index is 12.8. The first-order chi connectivity index (χ1) is 7.32. The summed E-state index contributed by atoms with van der Waals surface area (Å²) in [5, 5.41) is 4.73. The number of halogens is 3. The SMILES string of the molecule is CN(C)C(=O)CNC(=O)C1CC(F)(F)CN1.Cl. The van der Waals surface area contributed by atoms with Crippen molar-refractivity contribution >= 4 is 24.2 Å². The second-order valence-electron chi connectivity index (χ2n) is 4.00. The molecule has 100 valence electrons. The number of nitrogens with one attached hydrogen (secondary N) is 2. The first-order valence-electron chi connectivity index (χ1n) is 4.91. The Kier molecular flexibility index (Phi) is 5.77. The summed E-state index contributed by atoms with van der Waals surface area (Å²) < 4.78 is 25.5. The first-order valence-corrected chi connectivity index (χ1v) is 4.91. The molecule has 0 aliphatic carbocycles. The third-order valence-electron chi connectivity index (χ3n) is 2.34. The Bertz CT molecular complexity index is 300. The summed E-state index contributed by atoms with van der Waals surface area (Å²) in [4.78, 5) is 23.8. The molecule has 1 unspecified atom stereocenters. The van der Waals surface area contributed by atoms with Crippen LogP contribution in [0.25, 0.3) is 0 Å². The molecule has 0 bridgehead atoms. The predicted octanol–water partition coefficient (Wildman–Crippen LogP) is -0.390. The van der Waals surface area contributed by atoms with Crippen molar-refractivity contribution in [1.82, 2.24) is 15.5 Å². The van der Waals surface area contributed by atoms with E-state index in [2.05, 4.69) is 10.6 Å². The fourth-order valence-electron chi connectivity index (χ4n) is 1.34. The highest BCUT2D eigenvalue weighted by Gasteiger charge is 2.42. The van der Waals surface area contributed by atoms with Crippen LogP contribution in [0, 0.1) is 0 Å². The van der Waals surface area contributed by atoms with Gasteiger partial charge in [-0.2, -0.15) is 0 Å². The van der Waals surface area contributed by atoms with Gasteiger partial charge in [0, 0.05) is 20.5 Å². The van der Waals surface area contributed by atoms with Crippen molar-refractivity contribution in [3.05, 3.63) is 0 Å². The van der Waals surface area contributed by atoms with E-state index in [4.69, 9.17) is 0 Å². The average Bonchev–Trinajstić information content (AvgIpc) is 2.54. The first kappa shape index (κ1) is 16.1. The van der Waals surface area contributed by atoms with Crippen molar-refractivity contribution in [2.24, 2.45) is 0 Å². The van der Waals surface area contributed by atoms with Crippen LogP contribution in [0.1, 0.15) is 6.42 Å². The number of amides is 2. The van der Waals surface area contributed by atoms with Crippen molar-refractivity contribution in [3.63, 3.8) is 0 Å². The third-order valence-corrected chi connectivity index (χ3v) is 2.34. The number of likely N-dealkylation sites (N-methyl/N-ethyl adjacent to an activating group) is 1. The van der Waals surface area contributed by atoms with Crippen molar-refractivity contribution in [2.75, 3.05) is 27.2 Å². The largest absolute Gasteiger partial charge is 0.347 e. The molecule has 1 aliphatic rings. The molecule has 1 atom stereocenters. The average molecular weight is 272 g/mol. The smallest absolute Gasteiger partial charge is 0.262 e. The number of rotatable bonds is 3. The van der Waals surface area contributed by atoms with E-state index in [1.807, 2.05) is 0 Å². The van der Waals surface area contributed by atoms with Crippen LogP contribution in [0.15, 0.2) is 0 Å². The number of nitrogens with zero attached hydrogens (tertiary/aromatic N) is 1. The zero-order valence-corrected chi connectivity index (χ0v) is 10.4. The maximum absolute atomic E-state index is 12.8. The minimum Gasteiger partial charge on any atom is -0.347 e. The van der Waals surface area contributed by atoms with E-state index < -0.39 is 30.8 Å². The van der Waals surface area contributed by atoms with E-state index in [9.17, 15) is 18.4 Å². The van der Waals surface area contributed by atoms with Gasteiger partial charge in [-0.25, -0.2) is 8.78 Å². The van der Waals surface area contributed by atoms with Gasteiger partial charge in [0.2, 0.25) is 11.8 Å². The second-order valence-corrected chi connectivity index (χ2v) is 4.00. The molecule has 0 aromatic rings. The zero-order chi connectivity index (χ0) is 12.3. The molecule has 0 saturated carbocycles. The summed E-state index contributed by atoms with van der Waals surface area (Å²) in [7, 11) is 3.10. The van der Waals surface area contributed by atoms with Crippen LogP contribution < -0.4 is 10.6 Å². The lowest BCUT2D eigenvalue weighted by molar-refractivity contribution is -0.131. The molecule has 1 rings (SSSR count). The Balaban J connectivity index is 0.00000256. The Morgan fingerprint density at radius 1 is 1.47 bits per heavy atom. The normalized spacial score (nSPS) is 21.5. The van der Waals surface area contributed by atoms with Crippen LogP contribution in [0.2, 0.25) is 0 Å². The van der Waals surface area contributed by atoms with Crippen LogP contribution in [-0.4, -0.2) is 55.9 Å². The van der Waals surface area contributed by atoms with Gasteiger partial charge >= 0.3 is 0 Å². The molecule has 1 saturated heterocycles. The Morgan fingerprint density at radius 2 is 2.06 bits per heavy atom. The number of carbonyl (C=O) groups is 2. The van der Waals surface area contributed by atoms with Gasteiger partial charge in [-0.1, -0.05) is 0 Å². The monoisotopic (exact) mass is 271 g/mol. The van der Waals surface area contributed by atoms with Crippen LogP contribution in [-0.2, 0) is 9.59 Å². The third kappa shape index (κ3) is 4.82. The van der Waals surface area contributed by atoms with E-state index >= 15 is 0 Å². The van der Waals surface area contributed by atoms with Crippen molar-refractivity contribution in [1.29, 1.82) is 0 Å². The highest BCUT2D eigenvalue weighted by Crippen LogP contribution is 2.24. The molecule has 8 heteroatoms. The van der Waals surface area contributed by atoms with Gasteiger partial charge in [0.1, 0.15) is 0 Å². The Hall–Kier alpha value is -0.950. The van der Waals surface area contributed by atoms with Crippen molar-refractivity contribution < 1.29 is 18.4 Å². The molecule has 1 aliphatic heterocycles. The molecule has 17 heavy (non-hydrogen) atoms. The quantitative estimate of drug-likeness (QED) is 0.735. The van der Waals surface area contributed by atoms with Gasteiger partial charge in [-0.05, 0) is 0 Å². The van der Waals surface area contributed by atoms with Crippen LogP contribution in [0.3, 0.4) is 0 Å². The topological polar surface area (TPSA) is 61.4 Å². The van der Waals surface area contributed by atoms with Gasteiger partial charge in [0.05, 0.1) is 19.1 Å². The van der Waals surface area contributed by atoms with Gasteiger partial charge in [-0.3, -0.25) is 14.9 Å². The number of hydrogen-bond donors (Lipinski definition) is 2. The molecule has 1 heterocycles. The molecule has 5 nitrogen and oxygen atoms in total. The summed E-state index contributed by atoms with van der Waals surface area (Å²) in [6.07, 6.45) is -0.519. The molecule has 1 fully saturated rings. The van der Waals surface area contributed by atoms with E-state index in [0.717, 1.165) is 0 Å². The van der Waals surface area contributed by atoms with E-state index in [0.29, 0.717) is 0 Å². The molecule has 2 N–H and O–H groups in total. The fraction of sp³-hybridized carbons (Fsp3) is 0.778. The van der Waals surface area contributed by atoms with Crippen molar-refractivity contribution in [2.45, 2.75) is 18.4 Å². The van der Waals surface area contributed by atoms with Crippen LogP contribution >= 0.6 is 12.4 Å². The van der Waals surface area contributed by atoms with Gasteiger partial charge in [-0.15, -0.1) is 12.4 Å². The minimum atomic E-state index is -2.84. The predicted molar refractivity (Wildman–Crippen MR) is 60.3 cm³/mol. The molecular weight excluding hydrogens is 256 g/mol. The van der Waals surface area contributed by atoms with Crippen LogP contribution in [0.4, 0.5) is 8.78 Å². The molecule has 0 aromatic carbocycles. The number of hydrogen-bond acceptors (Lipinski definition) is 3. The van der Waals surface area contributed by atoms with Gasteiger partial charge in [0.25, 0.3) is 5.92 Å². The fourth-order valence-corrected chi connectivity index (χ4v) is 1.34. The Labute approximate surface area is 104 Å². The molecule has 0 radical (unpaired) electrons. The van der Waals surface area contributed by atoms with Gasteiger partial charge in [0.15, 0.2) is 0 Å². The highest BCUT2D eigenvalue weighted by molar-refractivity contribution is 5.87. The summed E-state index contributed by atoms with van der Waals surface area (Å²) >= 11 is 0. The van der Waals surface area contributed by atoms with E-state index in [1.54, 1.807) is 14.1 Å². The second kappa shape index (κ2) is 6.11. The number of alkyl halides is 2. The number of carbonyl (C=O) groups excluding carboxylic acids is 2. The van der Waals surface area contributed by atoms with Crippen molar-refractivity contribution in [3.8, 4) is 0 Å². The summed E-state index contributed by atoms with van der Waals surface area (Å²) in [6.45, 7) is -0.664. The highest BCUT2D eigenvalue weighted by atomic mass is 35.5. The summed E-state index contributed by atoms with van der Waals surface area (Å²) in [5.74, 6) is -3.68. The zero-order valence-electron chi connectivity index (χ0n) is 9.63. The molecule has 2 amide bonds. The molecule has 0 aromatic heterocycles. The standard InChI is InChI=1S/C9H15F2N3O2.ClH/c1-14(2)7(15)4-12-8(16)6-3-9(10,11)5-13-6;/h6,13H,3-5H2,1-2H3,(H,12,16);1H. The summed E-state index contributed by atoms with van der Waals surface area (Å²) in [6, 6.07) is -0.912. The summed E-state index contributed by atoms with van der Waals surface area (Å²) in [5.41, 5.74) is 0. The Morgan fingerprint density at radius 3 is 2.47 bits per heavy atom. The van der Waals surface area contributed by atoms with E-state index in [-0.39, 0.29) is 24.9 Å². The molecule has 0 spiro atoms. The molecular formula is C9H16ClF2N3O2. The lowest BCUT2D eigenvalue weighted by Gasteiger charge is -2.13. The van der Waals surface area contributed by atoms with E-state index in [1.165, 1.54) is 4.90 Å². The lowest BCUT2D eigenvalue weighted by atomic mass is 10.2. The lowest BCUT2D eigenvalue weighted by Crippen LogP contribution is -2.44. The minimum absolute atomic E-state index is 0.